The van der Waals surface area contributed by atoms with Crippen LogP contribution in [0.2, 0.25) is 0 Å². The molecule has 53 heavy (non-hydrogen) atoms. The molecule has 1 amide bonds. The average molecular weight is 721 g/mol. The van der Waals surface area contributed by atoms with Gasteiger partial charge in [0, 0.05) is 35.4 Å². The van der Waals surface area contributed by atoms with E-state index in [0.29, 0.717) is 29.5 Å². The molecular formula is C43H36N4O5S. The van der Waals surface area contributed by atoms with Crippen molar-refractivity contribution in [2.75, 3.05) is 5.75 Å². The number of para-hydroxylation sites is 2. The third-order valence-corrected chi connectivity index (χ3v) is 10.0. The van der Waals surface area contributed by atoms with Crippen molar-refractivity contribution in [1.29, 1.82) is 0 Å². The van der Waals surface area contributed by atoms with Gasteiger partial charge in [-0.05, 0) is 28.8 Å². The fraction of sp³-hybridized carbons (Fsp3) is 0.163. The summed E-state index contributed by atoms with van der Waals surface area (Å²) in [5.41, 5.74) is 8.06. The number of oxazole rings is 1. The van der Waals surface area contributed by atoms with Gasteiger partial charge in [-0.3, -0.25) is 9.78 Å². The summed E-state index contributed by atoms with van der Waals surface area (Å²) in [6.07, 6.45) is 1.07. The zero-order valence-electron chi connectivity index (χ0n) is 28.7. The van der Waals surface area contributed by atoms with Crippen LogP contribution in [0.4, 0.5) is 0 Å². The van der Waals surface area contributed by atoms with Gasteiger partial charge in [-0.25, -0.2) is 9.97 Å². The van der Waals surface area contributed by atoms with Gasteiger partial charge in [0.2, 0.25) is 0 Å². The monoisotopic (exact) mass is 720 g/mol. The zero-order valence-corrected chi connectivity index (χ0v) is 29.5. The lowest BCUT2D eigenvalue weighted by Gasteiger charge is -2.36. The largest absolute Gasteiger partial charge is 0.431 e. The van der Waals surface area contributed by atoms with E-state index in [1.54, 1.807) is 0 Å². The Morgan fingerprint density at radius 3 is 2.13 bits per heavy atom. The molecule has 0 aliphatic carbocycles. The summed E-state index contributed by atoms with van der Waals surface area (Å²) in [5.74, 6) is 1.03. The van der Waals surface area contributed by atoms with Crippen molar-refractivity contribution in [1.82, 2.24) is 20.3 Å². The van der Waals surface area contributed by atoms with Crippen molar-refractivity contribution in [3.05, 3.63) is 168 Å². The van der Waals surface area contributed by atoms with Crippen LogP contribution < -0.4 is 5.32 Å². The molecule has 2 N–H and O–H groups in total. The second-order valence-corrected chi connectivity index (χ2v) is 13.7. The van der Waals surface area contributed by atoms with E-state index in [9.17, 15) is 9.90 Å². The lowest BCUT2D eigenvalue weighted by molar-refractivity contribution is -0.245. The minimum atomic E-state index is -0.627. The fourth-order valence-electron chi connectivity index (χ4n) is 6.26. The number of thioether (sulfide) groups is 1. The predicted molar refractivity (Wildman–Crippen MR) is 204 cm³/mol. The van der Waals surface area contributed by atoms with Crippen LogP contribution in [-0.2, 0) is 22.6 Å². The number of nitrogens with zero attached hydrogens (tertiary/aromatic N) is 3. The van der Waals surface area contributed by atoms with E-state index in [1.807, 2.05) is 133 Å². The van der Waals surface area contributed by atoms with Crippen LogP contribution in [-0.4, -0.2) is 37.8 Å². The Hall–Kier alpha value is -5.65. The van der Waals surface area contributed by atoms with E-state index in [-0.39, 0.29) is 30.4 Å². The van der Waals surface area contributed by atoms with Crippen LogP contribution in [0.3, 0.4) is 0 Å². The summed E-state index contributed by atoms with van der Waals surface area (Å²) >= 11 is 1.52. The molecule has 0 saturated carbocycles. The molecule has 0 radical (unpaired) electrons. The number of aromatic nitrogens is 3. The smallest absolute Gasteiger partial charge is 0.271 e. The second-order valence-electron chi connectivity index (χ2n) is 12.7. The number of carbonyl (C=O) groups is 1. The molecule has 1 fully saturated rings. The SMILES string of the molecule is O=C(NCc1ccc([C@@H]2O[C@H](CSc3nc(-c4ccccc4)c(-c4ccccc4)o3)C[C@H](c3ccc(CO)cc3)O2)cc1)c1cnc2ccccc2n1. The van der Waals surface area contributed by atoms with Crippen LogP contribution in [0.25, 0.3) is 33.6 Å². The number of hydrogen-bond donors (Lipinski definition) is 2. The van der Waals surface area contributed by atoms with E-state index >= 15 is 0 Å². The Morgan fingerprint density at radius 1 is 0.736 bits per heavy atom. The second kappa shape index (κ2) is 15.9. The van der Waals surface area contributed by atoms with Gasteiger partial charge in [0.1, 0.15) is 11.4 Å². The van der Waals surface area contributed by atoms with Gasteiger partial charge in [0.15, 0.2) is 12.1 Å². The minimum absolute atomic E-state index is 0.0225. The number of hydrogen-bond acceptors (Lipinski definition) is 9. The van der Waals surface area contributed by atoms with Crippen LogP contribution in [0.1, 0.15) is 51.6 Å². The molecule has 1 aliphatic heterocycles. The number of amides is 1. The van der Waals surface area contributed by atoms with Crippen molar-refractivity contribution in [3.63, 3.8) is 0 Å². The van der Waals surface area contributed by atoms with Gasteiger partial charge in [0.25, 0.3) is 11.1 Å². The Labute approximate surface area is 311 Å². The quantitative estimate of drug-likeness (QED) is 0.127. The maximum atomic E-state index is 12.9. The molecule has 1 saturated heterocycles. The van der Waals surface area contributed by atoms with Crippen LogP contribution in [0.15, 0.2) is 149 Å². The van der Waals surface area contributed by atoms with Crippen molar-refractivity contribution in [3.8, 4) is 22.6 Å². The Kier molecular flexibility index (Phi) is 10.4. The average Bonchev–Trinajstić information content (AvgIpc) is 3.67. The van der Waals surface area contributed by atoms with Crippen LogP contribution in [0, 0.1) is 0 Å². The van der Waals surface area contributed by atoms with Crippen LogP contribution >= 0.6 is 11.8 Å². The third-order valence-electron chi connectivity index (χ3n) is 9.08. The summed E-state index contributed by atoms with van der Waals surface area (Å²) in [6.45, 7) is 0.302. The molecule has 9 nitrogen and oxygen atoms in total. The standard InChI is InChI=1S/C43H36N4O5S/c48-26-29-17-19-30(20-18-29)38-23-34(27-53-43-47-39(31-9-3-1-4-10-31)40(52-43)32-11-5-2-6-12-32)50-42(51-38)33-21-15-28(16-22-33)24-45-41(49)37-25-44-35-13-7-8-14-36(35)46-37/h1-22,25,34,38,42,48H,23-24,26-27H2,(H,45,49)/t34-,38+,42+/m0/s1. The number of fused-ring (bicyclic) bond motifs is 1. The van der Waals surface area contributed by atoms with E-state index in [0.717, 1.165) is 50.4 Å². The number of rotatable bonds is 11. The Bertz CT molecular complexity index is 2240. The maximum Gasteiger partial charge on any atom is 0.271 e. The highest BCUT2D eigenvalue weighted by atomic mass is 32.2. The molecule has 5 aromatic carbocycles. The molecule has 3 heterocycles. The first kappa shape index (κ1) is 34.4. The molecule has 0 unspecified atom stereocenters. The summed E-state index contributed by atoms with van der Waals surface area (Å²) in [7, 11) is 0. The van der Waals surface area contributed by atoms with Crippen molar-refractivity contribution in [2.45, 2.75) is 43.3 Å². The molecule has 10 heteroatoms. The number of aliphatic hydroxyl groups is 1. The van der Waals surface area contributed by atoms with Crippen LogP contribution in [0.5, 0.6) is 0 Å². The first-order chi connectivity index (χ1) is 26.1. The molecule has 2 aromatic heterocycles. The number of ether oxygens (including phenoxy) is 2. The summed E-state index contributed by atoms with van der Waals surface area (Å²) in [4.78, 5) is 26.6. The minimum Gasteiger partial charge on any atom is -0.431 e. The molecule has 264 valence electrons. The first-order valence-corrected chi connectivity index (χ1v) is 18.4. The van der Waals surface area contributed by atoms with Crippen molar-refractivity contribution in [2.24, 2.45) is 0 Å². The van der Waals surface area contributed by atoms with Gasteiger partial charge in [0.05, 0.1) is 36.0 Å². The number of aliphatic hydroxyl groups excluding tert-OH is 1. The van der Waals surface area contributed by atoms with Crippen molar-refractivity contribution < 1.29 is 23.8 Å². The highest BCUT2D eigenvalue weighted by Gasteiger charge is 2.33. The Balaban J connectivity index is 0.980. The number of benzene rings is 5. The summed E-state index contributed by atoms with van der Waals surface area (Å²) in [6, 6.07) is 43.2. The highest BCUT2D eigenvalue weighted by Crippen LogP contribution is 2.41. The highest BCUT2D eigenvalue weighted by molar-refractivity contribution is 7.99. The molecule has 0 bridgehead atoms. The molecular weight excluding hydrogens is 685 g/mol. The lowest BCUT2D eigenvalue weighted by Crippen LogP contribution is -2.31. The zero-order chi connectivity index (χ0) is 36.0. The normalized spacial score (nSPS) is 17.1. The molecule has 1 aliphatic rings. The van der Waals surface area contributed by atoms with Gasteiger partial charge < -0.3 is 24.3 Å². The molecule has 8 rings (SSSR count). The van der Waals surface area contributed by atoms with E-state index in [2.05, 4.69) is 15.3 Å². The topological polar surface area (TPSA) is 120 Å². The first-order valence-electron chi connectivity index (χ1n) is 17.4. The van der Waals surface area contributed by atoms with Crippen molar-refractivity contribution >= 4 is 28.7 Å². The van der Waals surface area contributed by atoms with Gasteiger partial charge >= 0.3 is 0 Å². The molecule has 0 spiro atoms. The summed E-state index contributed by atoms with van der Waals surface area (Å²) in [5, 5.41) is 13.1. The van der Waals surface area contributed by atoms with Gasteiger partial charge in [-0.1, -0.05) is 133 Å². The van der Waals surface area contributed by atoms with Gasteiger partial charge in [-0.2, -0.15) is 0 Å². The lowest BCUT2D eigenvalue weighted by atomic mass is 10.0. The molecule has 3 atom stereocenters. The Morgan fingerprint density at radius 2 is 1.40 bits per heavy atom. The predicted octanol–water partition coefficient (Wildman–Crippen LogP) is 8.71. The van der Waals surface area contributed by atoms with E-state index in [4.69, 9.17) is 18.9 Å². The van der Waals surface area contributed by atoms with E-state index < -0.39 is 6.29 Å². The van der Waals surface area contributed by atoms with Gasteiger partial charge in [-0.15, -0.1) is 0 Å². The summed E-state index contributed by atoms with van der Waals surface area (Å²) < 4.78 is 19.6. The van der Waals surface area contributed by atoms with E-state index in [1.165, 1.54) is 18.0 Å². The fourth-order valence-corrected chi connectivity index (χ4v) is 7.10. The maximum absolute atomic E-state index is 12.9. The molecule has 7 aromatic rings. The number of nitrogens with one attached hydrogen (secondary N) is 1. The number of carbonyl (C=O) groups excluding carboxylic acids is 1. The third kappa shape index (κ3) is 8.06.